The van der Waals surface area contributed by atoms with Crippen LogP contribution in [-0.2, 0) is 6.54 Å². The third-order valence-corrected chi connectivity index (χ3v) is 6.18. The van der Waals surface area contributed by atoms with Gasteiger partial charge in [-0.15, -0.1) is 11.3 Å². The number of carbonyl (C=O) groups is 2. The van der Waals surface area contributed by atoms with Crippen LogP contribution < -0.4 is 14.9 Å². The van der Waals surface area contributed by atoms with Crippen molar-refractivity contribution in [1.82, 2.24) is 9.88 Å². The molecule has 0 aliphatic carbocycles. The van der Waals surface area contributed by atoms with Crippen molar-refractivity contribution in [2.24, 2.45) is 4.99 Å². The van der Waals surface area contributed by atoms with Gasteiger partial charge in [-0.3, -0.25) is 9.59 Å². The molecule has 4 rings (SSSR count). The van der Waals surface area contributed by atoms with E-state index in [4.69, 9.17) is 4.74 Å². The van der Waals surface area contributed by atoms with Crippen LogP contribution in [0.2, 0.25) is 0 Å². The molecule has 0 aliphatic heterocycles. The number of nitrogens with zero attached hydrogens (tertiary/aromatic N) is 2. The van der Waals surface area contributed by atoms with Gasteiger partial charge >= 0.3 is 0 Å². The summed E-state index contributed by atoms with van der Waals surface area (Å²) in [4.78, 5) is 30.2. The normalized spacial score (nSPS) is 12.2. The first kappa shape index (κ1) is 23.2. The summed E-state index contributed by atoms with van der Waals surface area (Å²) in [5, 5.41) is 4.92. The highest BCUT2D eigenvalue weighted by Crippen LogP contribution is 2.14. The van der Waals surface area contributed by atoms with Gasteiger partial charge in [0.25, 0.3) is 11.8 Å². The Bertz CT molecular complexity index is 1340. The van der Waals surface area contributed by atoms with Gasteiger partial charge in [0.2, 0.25) is 0 Å². The molecule has 7 heteroatoms. The summed E-state index contributed by atoms with van der Waals surface area (Å²) in [6, 6.07) is 24.2. The minimum absolute atomic E-state index is 0.0824. The summed E-state index contributed by atoms with van der Waals surface area (Å²) in [6.45, 7) is 2.50. The zero-order valence-corrected chi connectivity index (χ0v) is 19.8. The highest BCUT2D eigenvalue weighted by atomic mass is 32.1. The molecule has 0 saturated carbocycles. The number of benzene rings is 3. The number of rotatable bonds is 7. The van der Waals surface area contributed by atoms with E-state index in [9.17, 15) is 9.59 Å². The molecule has 2 amide bonds. The summed E-state index contributed by atoms with van der Waals surface area (Å²) >= 11 is 1.39. The van der Waals surface area contributed by atoms with Crippen LogP contribution in [0, 0.1) is 0 Å². The van der Waals surface area contributed by atoms with Gasteiger partial charge in [0.1, 0.15) is 5.75 Å². The molecule has 6 nitrogen and oxygen atoms in total. The van der Waals surface area contributed by atoms with Gasteiger partial charge < -0.3 is 14.6 Å². The van der Waals surface area contributed by atoms with E-state index in [-0.39, 0.29) is 17.9 Å². The third kappa shape index (κ3) is 5.68. The zero-order chi connectivity index (χ0) is 23.9. The van der Waals surface area contributed by atoms with Gasteiger partial charge in [-0.1, -0.05) is 48.5 Å². The standard InChI is InChI=1S/C27H25N3O3S/c1-19(21-7-4-3-5-8-21)28-25(31)22-13-11-20(12-14-22)18-30-15-16-34-27(30)29-26(32)23-9-6-10-24(17-23)33-2/h3-17,19H,18H2,1-2H3,(H,28,31)/t19-/m1/s1. The maximum atomic E-state index is 12.6. The number of ether oxygens (including phenoxy) is 1. The largest absolute Gasteiger partial charge is 0.497 e. The van der Waals surface area contributed by atoms with E-state index in [1.165, 1.54) is 11.3 Å². The molecule has 4 aromatic rings. The first-order valence-electron chi connectivity index (χ1n) is 10.9. The van der Waals surface area contributed by atoms with E-state index in [0.29, 0.717) is 28.2 Å². The van der Waals surface area contributed by atoms with Crippen molar-refractivity contribution in [2.75, 3.05) is 7.11 Å². The van der Waals surface area contributed by atoms with Crippen LogP contribution in [0.3, 0.4) is 0 Å². The lowest BCUT2D eigenvalue weighted by Gasteiger charge is -2.14. The molecule has 0 saturated heterocycles. The van der Waals surface area contributed by atoms with Crippen molar-refractivity contribution < 1.29 is 14.3 Å². The fourth-order valence-electron chi connectivity index (χ4n) is 3.48. The lowest BCUT2D eigenvalue weighted by molar-refractivity contribution is 0.0938. The number of hydrogen-bond acceptors (Lipinski definition) is 4. The second kappa shape index (κ2) is 10.8. The minimum atomic E-state index is -0.324. The number of hydrogen-bond donors (Lipinski definition) is 1. The van der Waals surface area contributed by atoms with Gasteiger partial charge in [0, 0.05) is 29.2 Å². The van der Waals surface area contributed by atoms with Crippen LogP contribution in [0.5, 0.6) is 5.75 Å². The summed E-state index contributed by atoms with van der Waals surface area (Å²) in [6.07, 6.45) is 1.89. The zero-order valence-electron chi connectivity index (χ0n) is 19.0. The average molecular weight is 472 g/mol. The molecule has 0 spiro atoms. The predicted molar refractivity (Wildman–Crippen MR) is 133 cm³/mol. The van der Waals surface area contributed by atoms with Gasteiger partial charge in [-0.2, -0.15) is 4.99 Å². The van der Waals surface area contributed by atoms with Crippen LogP contribution >= 0.6 is 11.3 Å². The topological polar surface area (TPSA) is 72.7 Å². The van der Waals surface area contributed by atoms with Crippen LogP contribution in [-0.4, -0.2) is 23.5 Å². The quantitative estimate of drug-likeness (QED) is 0.419. The Morgan fingerprint density at radius 3 is 2.50 bits per heavy atom. The van der Waals surface area contributed by atoms with Crippen LogP contribution in [0.25, 0.3) is 0 Å². The Hall–Kier alpha value is -3.97. The molecule has 1 heterocycles. The molecule has 1 N–H and O–H groups in total. The second-order valence-electron chi connectivity index (χ2n) is 7.77. The lowest BCUT2D eigenvalue weighted by Crippen LogP contribution is -2.26. The molecule has 172 valence electrons. The molecular weight excluding hydrogens is 446 g/mol. The fourth-order valence-corrected chi connectivity index (χ4v) is 4.20. The van der Waals surface area contributed by atoms with E-state index in [1.54, 1.807) is 31.4 Å². The third-order valence-electron chi connectivity index (χ3n) is 5.39. The van der Waals surface area contributed by atoms with Crippen LogP contribution in [0.4, 0.5) is 0 Å². The van der Waals surface area contributed by atoms with Crippen molar-refractivity contribution in [3.8, 4) is 5.75 Å². The Kier molecular flexibility index (Phi) is 7.34. The first-order valence-corrected chi connectivity index (χ1v) is 11.7. The molecule has 0 aliphatic rings. The highest BCUT2D eigenvalue weighted by Gasteiger charge is 2.11. The SMILES string of the molecule is COc1cccc(C(=O)N=c2sccn2Cc2ccc(C(=O)N[C@H](C)c3ccccc3)cc2)c1. The van der Waals surface area contributed by atoms with Gasteiger partial charge in [0.05, 0.1) is 13.2 Å². The first-order chi connectivity index (χ1) is 16.5. The maximum absolute atomic E-state index is 12.6. The Labute approximate surface area is 202 Å². The average Bonchev–Trinajstić information content (AvgIpc) is 3.31. The molecule has 0 radical (unpaired) electrons. The van der Waals surface area contributed by atoms with Crippen LogP contribution in [0.1, 0.15) is 44.8 Å². The van der Waals surface area contributed by atoms with Crippen LogP contribution in [0.15, 0.2) is 95.4 Å². The van der Waals surface area contributed by atoms with Gasteiger partial charge in [-0.05, 0) is 48.4 Å². The fraction of sp³-hybridized carbons (Fsp3) is 0.148. The molecule has 1 aromatic heterocycles. The van der Waals surface area contributed by atoms with Crippen molar-refractivity contribution >= 4 is 23.2 Å². The molecule has 1 atom stereocenters. The van der Waals surface area contributed by atoms with Gasteiger partial charge in [-0.25, -0.2) is 0 Å². The van der Waals surface area contributed by atoms with Gasteiger partial charge in [0.15, 0.2) is 4.80 Å². The Balaban J connectivity index is 1.44. The summed E-state index contributed by atoms with van der Waals surface area (Å²) in [5.74, 6) is 0.169. The highest BCUT2D eigenvalue weighted by molar-refractivity contribution is 7.07. The Morgan fingerprint density at radius 2 is 1.76 bits per heavy atom. The lowest BCUT2D eigenvalue weighted by atomic mass is 10.1. The predicted octanol–water partition coefficient (Wildman–Crippen LogP) is 4.84. The number of aromatic nitrogens is 1. The number of methoxy groups -OCH3 is 1. The monoisotopic (exact) mass is 471 g/mol. The van der Waals surface area contributed by atoms with Crippen molar-refractivity contribution in [1.29, 1.82) is 0 Å². The molecule has 0 bridgehead atoms. The number of carbonyl (C=O) groups excluding carboxylic acids is 2. The number of nitrogens with one attached hydrogen (secondary N) is 1. The summed E-state index contributed by atoms with van der Waals surface area (Å²) < 4.78 is 7.10. The second-order valence-corrected chi connectivity index (χ2v) is 8.64. The molecule has 0 unspecified atom stereocenters. The van der Waals surface area contributed by atoms with E-state index in [0.717, 1.165) is 11.1 Å². The smallest absolute Gasteiger partial charge is 0.279 e. The summed E-state index contributed by atoms with van der Waals surface area (Å²) in [7, 11) is 1.56. The van der Waals surface area contributed by atoms with E-state index < -0.39 is 0 Å². The minimum Gasteiger partial charge on any atom is -0.497 e. The molecule has 3 aromatic carbocycles. The maximum Gasteiger partial charge on any atom is 0.279 e. The van der Waals surface area contributed by atoms with Crippen molar-refractivity contribution in [3.05, 3.63) is 117 Å². The van der Waals surface area contributed by atoms with E-state index in [1.807, 2.05) is 77.7 Å². The van der Waals surface area contributed by atoms with Crippen molar-refractivity contribution in [2.45, 2.75) is 19.5 Å². The Morgan fingerprint density at radius 1 is 1.00 bits per heavy atom. The molecule has 34 heavy (non-hydrogen) atoms. The van der Waals surface area contributed by atoms with E-state index >= 15 is 0 Å². The molecular formula is C27H25N3O3S. The number of amides is 2. The molecule has 0 fully saturated rings. The number of thiazole rings is 1. The van der Waals surface area contributed by atoms with E-state index in [2.05, 4.69) is 10.3 Å². The summed E-state index contributed by atoms with van der Waals surface area (Å²) in [5.41, 5.74) is 3.13. The van der Waals surface area contributed by atoms with Crippen molar-refractivity contribution in [3.63, 3.8) is 0 Å².